The molecule has 7 heteroatoms. The molecule has 1 aromatic carbocycles. The molecule has 0 unspecified atom stereocenters. The highest BCUT2D eigenvalue weighted by molar-refractivity contribution is 5.71. The molecule has 0 N–H and O–H groups in total. The van der Waals surface area contributed by atoms with Crippen molar-refractivity contribution in [2.24, 2.45) is 7.05 Å². The van der Waals surface area contributed by atoms with Crippen LogP contribution in [0.15, 0.2) is 35.1 Å². The lowest BCUT2D eigenvalue weighted by molar-refractivity contribution is 0.196. The molecular weight excluding hydrogens is 250 g/mol. The standard InChI is InChI=1S/C12H13N3O4/c1-3-18-10-13-15(11(16)14(10)2)12(17)19-9-7-5-4-6-8-9/h4-8H,3H2,1-2H3. The highest BCUT2D eigenvalue weighted by atomic mass is 16.6. The highest BCUT2D eigenvalue weighted by Crippen LogP contribution is 2.09. The monoisotopic (exact) mass is 263 g/mol. The fourth-order valence-corrected chi connectivity index (χ4v) is 1.43. The van der Waals surface area contributed by atoms with Crippen molar-refractivity contribution in [3.05, 3.63) is 40.8 Å². The van der Waals surface area contributed by atoms with Crippen molar-refractivity contribution in [1.29, 1.82) is 0 Å². The highest BCUT2D eigenvalue weighted by Gasteiger charge is 2.18. The molecule has 0 bridgehead atoms. The Morgan fingerprint density at radius 3 is 2.63 bits per heavy atom. The van der Waals surface area contributed by atoms with Crippen molar-refractivity contribution in [1.82, 2.24) is 14.3 Å². The van der Waals surface area contributed by atoms with Gasteiger partial charge in [-0.1, -0.05) is 18.2 Å². The van der Waals surface area contributed by atoms with Crippen LogP contribution in [0.5, 0.6) is 11.8 Å². The lowest BCUT2D eigenvalue weighted by atomic mass is 10.3. The Morgan fingerprint density at radius 2 is 2.00 bits per heavy atom. The molecule has 0 amide bonds. The number of rotatable bonds is 3. The zero-order valence-electron chi connectivity index (χ0n) is 10.6. The van der Waals surface area contributed by atoms with E-state index in [0.717, 1.165) is 4.57 Å². The summed E-state index contributed by atoms with van der Waals surface area (Å²) in [6.07, 6.45) is -0.877. The van der Waals surface area contributed by atoms with Crippen LogP contribution in [-0.2, 0) is 7.05 Å². The van der Waals surface area contributed by atoms with Gasteiger partial charge in [-0.3, -0.25) is 0 Å². The molecule has 1 heterocycles. The molecule has 0 spiro atoms. The number of hydrogen-bond donors (Lipinski definition) is 0. The predicted octanol–water partition coefficient (Wildman–Crippen LogP) is 1.03. The molecule has 0 fully saturated rings. The van der Waals surface area contributed by atoms with Crippen molar-refractivity contribution in [3.63, 3.8) is 0 Å². The van der Waals surface area contributed by atoms with Gasteiger partial charge in [0.05, 0.1) is 6.61 Å². The predicted molar refractivity (Wildman–Crippen MR) is 66.5 cm³/mol. The summed E-state index contributed by atoms with van der Waals surface area (Å²) >= 11 is 0. The van der Waals surface area contributed by atoms with E-state index in [-0.39, 0.29) is 6.01 Å². The van der Waals surface area contributed by atoms with Crippen molar-refractivity contribution in [2.75, 3.05) is 6.61 Å². The van der Waals surface area contributed by atoms with E-state index < -0.39 is 11.8 Å². The van der Waals surface area contributed by atoms with Gasteiger partial charge in [0.2, 0.25) is 0 Å². The van der Waals surface area contributed by atoms with E-state index in [1.807, 2.05) is 0 Å². The van der Waals surface area contributed by atoms with Crippen molar-refractivity contribution < 1.29 is 14.3 Å². The summed E-state index contributed by atoms with van der Waals surface area (Å²) < 4.78 is 11.9. The van der Waals surface area contributed by atoms with E-state index in [1.165, 1.54) is 7.05 Å². The minimum atomic E-state index is -0.877. The number of para-hydroxylation sites is 1. The largest absolute Gasteiger partial charge is 0.464 e. The molecule has 2 rings (SSSR count). The number of aromatic nitrogens is 3. The van der Waals surface area contributed by atoms with Crippen LogP contribution < -0.4 is 15.2 Å². The van der Waals surface area contributed by atoms with Gasteiger partial charge in [-0.05, 0) is 19.1 Å². The third-order valence-corrected chi connectivity index (χ3v) is 2.34. The molecule has 19 heavy (non-hydrogen) atoms. The minimum Gasteiger partial charge on any atom is -0.464 e. The molecule has 0 aliphatic carbocycles. The number of ether oxygens (including phenoxy) is 2. The van der Waals surface area contributed by atoms with Gasteiger partial charge in [-0.25, -0.2) is 14.2 Å². The lowest BCUT2D eigenvalue weighted by Crippen LogP contribution is -2.31. The lowest BCUT2D eigenvalue weighted by Gasteiger charge is -2.01. The van der Waals surface area contributed by atoms with Gasteiger partial charge in [0.1, 0.15) is 5.75 Å². The average Bonchev–Trinajstić information content (AvgIpc) is 2.69. The van der Waals surface area contributed by atoms with Crippen LogP contribution in [0.25, 0.3) is 0 Å². The van der Waals surface area contributed by atoms with Gasteiger partial charge in [-0.2, -0.15) is 0 Å². The first kappa shape index (κ1) is 12.9. The summed E-state index contributed by atoms with van der Waals surface area (Å²) in [7, 11) is 1.46. The molecule has 0 radical (unpaired) electrons. The number of hydrogen-bond acceptors (Lipinski definition) is 5. The first-order chi connectivity index (χ1) is 9.13. The smallest absolute Gasteiger partial charge is 0.444 e. The zero-order chi connectivity index (χ0) is 13.8. The van der Waals surface area contributed by atoms with Gasteiger partial charge in [0, 0.05) is 7.05 Å². The molecule has 7 nitrogen and oxygen atoms in total. The normalized spacial score (nSPS) is 10.2. The molecule has 1 aromatic heterocycles. The maximum Gasteiger partial charge on any atom is 0.444 e. The van der Waals surface area contributed by atoms with E-state index in [9.17, 15) is 9.59 Å². The Kier molecular flexibility index (Phi) is 3.65. The fraction of sp³-hybridized carbons (Fsp3) is 0.250. The quantitative estimate of drug-likeness (QED) is 0.826. The van der Waals surface area contributed by atoms with Crippen LogP contribution in [0.1, 0.15) is 6.92 Å². The molecule has 0 aliphatic heterocycles. The van der Waals surface area contributed by atoms with Crippen LogP contribution in [0, 0.1) is 0 Å². The van der Waals surface area contributed by atoms with Crippen LogP contribution in [-0.4, -0.2) is 27.0 Å². The third-order valence-electron chi connectivity index (χ3n) is 2.34. The van der Waals surface area contributed by atoms with Crippen LogP contribution in [0.2, 0.25) is 0 Å². The molecule has 0 saturated heterocycles. The van der Waals surface area contributed by atoms with Crippen LogP contribution in [0.3, 0.4) is 0 Å². The second kappa shape index (κ2) is 5.38. The molecule has 0 atom stereocenters. The van der Waals surface area contributed by atoms with E-state index >= 15 is 0 Å². The molecule has 100 valence electrons. The van der Waals surface area contributed by atoms with E-state index in [2.05, 4.69) is 5.10 Å². The van der Waals surface area contributed by atoms with E-state index in [1.54, 1.807) is 37.3 Å². The van der Waals surface area contributed by atoms with Gasteiger partial charge < -0.3 is 9.47 Å². The summed E-state index contributed by atoms with van der Waals surface area (Å²) in [5, 5.41) is 3.77. The summed E-state index contributed by atoms with van der Waals surface area (Å²) in [5.41, 5.74) is -0.621. The number of carbonyl (C=O) groups excluding carboxylic acids is 1. The fourth-order valence-electron chi connectivity index (χ4n) is 1.43. The van der Waals surface area contributed by atoms with E-state index in [4.69, 9.17) is 9.47 Å². The summed E-state index contributed by atoms with van der Waals surface area (Å²) in [6, 6.07) is 8.50. The zero-order valence-corrected chi connectivity index (χ0v) is 10.6. The van der Waals surface area contributed by atoms with Gasteiger partial charge >= 0.3 is 17.8 Å². The first-order valence-electron chi connectivity index (χ1n) is 5.69. The number of nitrogens with zero attached hydrogens (tertiary/aromatic N) is 3. The Bertz CT molecular complexity index is 630. The summed E-state index contributed by atoms with van der Waals surface area (Å²) in [6.45, 7) is 2.10. The summed E-state index contributed by atoms with van der Waals surface area (Å²) in [4.78, 5) is 23.6. The Labute approximate surface area is 109 Å². The minimum absolute atomic E-state index is 0.0671. The van der Waals surface area contributed by atoms with Gasteiger partial charge in [0.15, 0.2) is 0 Å². The average molecular weight is 263 g/mol. The second-order valence-corrected chi connectivity index (χ2v) is 3.65. The van der Waals surface area contributed by atoms with Crippen molar-refractivity contribution in [3.8, 4) is 11.8 Å². The SMILES string of the molecule is CCOc1nn(C(=O)Oc2ccccc2)c(=O)n1C. The van der Waals surface area contributed by atoms with Gasteiger partial charge in [-0.15, -0.1) is 9.78 Å². The number of carbonyl (C=O) groups is 1. The maximum atomic E-state index is 11.8. The molecular formula is C12H13N3O4. The Morgan fingerprint density at radius 1 is 1.32 bits per heavy atom. The van der Waals surface area contributed by atoms with Crippen molar-refractivity contribution in [2.45, 2.75) is 6.92 Å². The van der Waals surface area contributed by atoms with Gasteiger partial charge in [0.25, 0.3) is 0 Å². The Hall–Kier alpha value is -2.57. The van der Waals surface area contributed by atoms with E-state index in [0.29, 0.717) is 17.0 Å². The Balaban J connectivity index is 2.25. The molecule has 0 aliphatic rings. The molecule has 0 saturated carbocycles. The first-order valence-corrected chi connectivity index (χ1v) is 5.69. The number of benzene rings is 1. The van der Waals surface area contributed by atoms with Crippen LogP contribution in [0.4, 0.5) is 4.79 Å². The van der Waals surface area contributed by atoms with Crippen molar-refractivity contribution >= 4 is 6.09 Å². The maximum absolute atomic E-state index is 11.8. The second-order valence-electron chi connectivity index (χ2n) is 3.65. The topological polar surface area (TPSA) is 75.4 Å². The summed E-state index contributed by atoms with van der Waals surface area (Å²) in [5.74, 6) is 0.336. The molecule has 2 aromatic rings. The van der Waals surface area contributed by atoms with Crippen LogP contribution >= 0.6 is 0 Å². The third kappa shape index (κ3) is 2.65.